The first-order chi connectivity index (χ1) is 14.2. The molecular formula is C22H31FIN5O. The van der Waals surface area contributed by atoms with Gasteiger partial charge >= 0.3 is 0 Å². The van der Waals surface area contributed by atoms with Crippen molar-refractivity contribution in [2.45, 2.75) is 39.3 Å². The summed E-state index contributed by atoms with van der Waals surface area (Å²) in [5, 5.41) is 6.80. The summed E-state index contributed by atoms with van der Waals surface area (Å²) in [6.07, 6.45) is 3.86. The molecular weight excluding hydrogens is 496 g/mol. The van der Waals surface area contributed by atoms with Crippen molar-refractivity contribution in [1.82, 2.24) is 15.6 Å². The molecule has 1 saturated heterocycles. The molecule has 0 amide bonds. The molecule has 0 unspecified atom stereocenters. The Labute approximate surface area is 195 Å². The van der Waals surface area contributed by atoms with E-state index in [0.29, 0.717) is 19.2 Å². The number of anilines is 1. The number of aromatic nitrogens is 1. The number of benzene rings is 1. The van der Waals surface area contributed by atoms with E-state index >= 15 is 0 Å². The topological polar surface area (TPSA) is 61.8 Å². The largest absolute Gasteiger partial charge is 0.491 e. The molecule has 1 aromatic carbocycles. The van der Waals surface area contributed by atoms with Crippen LogP contribution in [0.15, 0.2) is 47.6 Å². The van der Waals surface area contributed by atoms with E-state index in [9.17, 15) is 4.39 Å². The molecule has 0 saturated carbocycles. The minimum Gasteiger partial charge on any atom is -0.491 e. The van der Waals surface area contributed by atoms with Crippen LogP contribution in [0.1, 0.15) is 32.3 Å². The molecule has 2 heterocycles. The van der Waals surface area contributed by atoms with Gasteiger partial charge in [-0.25, -0.2) is 14.4 Å². The Morgan fingerprint density at radius 1 is 1.23 bits per heavy atom. The van der Waals surface area contributed by atoms with Crippen LogP contribution in [-0.2, 0) is 6.54 Å². The van der Waals surface area contributed by atoms with Crippen molar-refractivity contribution in [1.29, 1.82) is 0 Å². The van der Waals surface area contributed by atoms with E-state index in [4.69, 9.17) is 4.74 Å². The smallest absolute Gasteiger partial charge is 0.191 e. The van der Waals surface area contributed by atoms with Crippen molar-refractivity contribution in [3.05, 3.63) is 54.0 Å². The molecule has 0 atom stereocenters. The highest BCUT2D eigenvalue weighted by Gasteiger charge is 2.20. The standard InChI is InChI=1S/C22H30FN5O.HI/c1-3-24-22(26-16-17-8-9-20(29-4-2)19(23)15-17)27-18-10-13-28(14-11-18)21-7-5-6-12-25-21;/h5-9,12,15,18H,3-4,10-11,13-14,16H2,1-2H3,(H2,24,26,27);1H. The van der Waals surface area contributed by atoms with Crippen LogP contribution in [0.5, 0.6) is 5.75 Å². The lowest BCUT2D eigenvalue weighted by Gasteiger charge is -2.33. The first-order valence-corrected chi connectivity index (χ1v) is 10.3. The van der Waals surface area contributed by atoms with Crippen LogP contribution >= 0.6 is 24.0 Å². The maximum Gasteiger partial charge on any atom is 0.191 e. The fourth-order valence-corrected chi connectivity index (χ4v) is 3.39. The molecule has 1 aromatic heterocycles. The number of nitrogens with one attached hydrogen (secondary N) is 2. The van der Waals surface area contributed by atoms with Gasteiger partial charge in [-0.3, -0.25) is 0 Å². The lowest BCUT2D eigenvalue weighted by Crippen LogP contribution is -2.48. The maximum absolute atomic E-state index is 14.0. The summed E-state index contributed by atoms with van der Waals surface area (Å²) in [6.45, 7) is 7.42. The summed E-state index contributed by atoms with van der Waals surface area (Å²) in [4.78, 5) is 11.4. The van der Waals surface area contributed by atoms with Crippen LogP contribution in [0.3, 0.4) is 0 Å². The van der Waals surface area contributed by atoms with Gasteiger partial charge in [0.2, 0.25) is 0 Å². The molecule has 0 spiro atoms. The van der Waals surface area contributed by atoms with E-state index in [2.05, 4.69) is 31.6 Å². The predicted octanol–water partition coefficient (Wildman–Crippen LogP) is 3.96. The van der Waals surface area contributed by atoms with Gasteiger partial charge in [-0.05, 0) is 56.5 Å². The summed E-state index contributed by atoms with van der Waals surface area (Å²) < 4.78 is 19.3. The Morgan fingerprint density at radius 3 is 2.67 bits per heavy atom. The van der Waals surface area contributed by atoms with Crippen molar-refractivity contribution in [3.63, 3.8) is 0 Å². The molecule has 164 valence electrons. The normalized spacial score (nSPS) is 14.8. The van der Waals surface area contributed by atoms with Crippen molar-refractivity contribution >= 4 is 35.8 Å². The molecule has 3 rings (SSSR count). The maximum atomic E-state index is 14.0. The van der Waals surface area contributed by atoms with E-state index in [1.807, 2.05) is 38.2 Å². The highest BCUT2D eigenvalue weighted by Crippen LogP contribution is 2.19. The van der Waals surface area contributed by atoms with Gasteiger partial charge in [0.25, 0.3) is 0 Å². The molecule has 1 aliphatic heterocycles. The highest BCUT2D eigenvalue weighted by atomic mass is 127. The summed E-state index contributed by atoms with van der Waals surface area (Å²) in [5.41, 5.74) is 0.813. The number of aliphatic imine (C=N–C) groups is 1. The van der Waals surface area contributed by atoms with Crippen LogP contribution in [0.4, 0.5) is 10.2 Å². The van der Waals surface area contributed by atoms with Crippen LogP contribution in [-0.4, -0.2) is 43.2 Å². The fourth-order valence-electron chi connectivity index (χ4n) is 3.39. The van der Waals surface area contributed by atoms with Gasteiger partial charge in [0.05, 0.1) is 13.2 Å². The van der Waals surface area contributed by atoms with Gasteiger partial charge in [0.15, 0.2) is 17.5 Å². The number of guanidine groups is 1. The quantitative estimate of drug-likeness (QED) is 0.325. The second-order valence-electron chi connectivity index (χ2n) is 6.99. The summed E-state index contributed by atoms with van der Waals surface area (Å²) in [5.74, 6) is 1.73. The van der Waals surface area contributed by atoms with E-state index in [1.54, 1.807) is 6.07 Å². The van der Waals surface area contributed by atoms with Gasteiger partial charge in [-0.15, -0.1) is 24.0 Å². The first-order valence-electron chi connectivity index (χ1n) is 10.3. The number of rotatable bonds is 7. The van der Waals surface area contributed by atoms with E-state index < -0.39 is 0 Å². The average molecular weight is 527 g/mol. The third-order valence-electron chi connectivity index (χ3n) is 4.87. The molecule has 0 radical (unpaired) electrons. The highest BCUT2D eigenvalue weighted by molar-refractivity contribution is 14.0. The number of piperidine rings is 1. The van der Waals surface area contributed by atoms with E-state index in [0.717, 1.165) is 49.8 Å². The average Bonchev–Trinajstić information content (AvgIpc) is 2.75. The van der Waals surface area contributed by atoms with Crippen LogP contribution in [0, 0.1) is 5.82 Å². The number of hydrogen-bond acceptors (Lipinski definition) is 4. The molecule has 8 heteroatoms. The molecule has 1 fully saturated rings. The van der Waals surface area contributed by atoms with E-state index in [-0.39, 0.29) is 35.5 Å². The zero-order valence-corrected chi connectivity index (χ0v) is 19.9. The van der Waals surface area contributed by atoms with Crippen molar-refractivity contribution in [2.24, 2.45) is 4.99 Å². The second kappa shape index (κ2) is 12.6. The minimum absolute atomic E-state index is 0. The van der Waals surface area contributed by atoms with Crippen molar-refractivity contribution in [3.8, 4) is 5.75 Å². The lowest BCUT2D eigenvalue weighted by atomic mass is 10.1. The Kier molecular flexibility index (Phi) is 10.1. The zero-order chi connectivity index (χ0) is 20.5. The Balaban J connectivity index is 0.00000320. The number of nitrogens with zero attached hydrogens (tertiary/aromatic N) is 3. The van der Waals surface area contributed by atoms with Gasteiger partial charge < -0.3 is 20.3 Å². The summed E-state index contributed by atoms with van der Waals surface area (Å²) >= 11 is 0. The van der Waals surface area contributed by atoms with Crippen molar-refractivity contribution < 1.29 is 9.13 Å². The summed E-state index contributed by atoms with van der Waals surface area (Å²) in [6, 6.07) is 11.4. The van der Waals surface area contributed by atoms with Gasteiger partial charge in [0, 0.05) is 31.9 Å². The van der Waals surface area contributed by atoms with Gasteiger partial charge in [0.1, 0.15) is 5.82 Å². The number of ether oxygens (including phenoxy) is 1. The van der Waals surface area contributed by atoms with E-state index in [1.165, 1.54) is 6.07 Å². The third kappa shape index (κ3) is 7.00. The van der Waals surface area contributed by atoms with Crippen LogP contribution < -0.4 is 20.3 Å². The first kappa shape index (κ1) is 24.2. The minimum atomic E-state index is -0.348. The SMILES string of the molecule is CCNC(=NCc1ccc(OCC)c(F)c1)NC1CCN(c2ccccn2)CC1.I. The zero-order valence-electron chi connectivity index (χ0n) is 17.6. The molecule has 0 bridgehead atoms. The van der Waals surface area contributed by atoms with Crippen LogP contribution in [0.2, 0.25) is 0 Å². The molecule has 2 N–H and O–H groups in total. The predicted molar refractivity (Wildman–Crippen MR) is 130 cm³/mol. The number of pyridine rings is 1. The third-order valence-corrected chi connectivity index (χ3v) is 4.87. The van der Waals surface area contributed by atoms with Crippen LogP contribution in [0.25, 0.3) is 0 Å². The molecule has 6 nitrogen and oxygen atoms in total. The summed E-state index contributed by atoms with van der Waals surface area (Å²) in [7, 11) is 0. The molecule has 2 aromatic rings. The molecule has 0 aliphatic carbocycles. The Bertz CT molecular complexity index is 797. The molecule has 30 heavy (non-hydrogen) atoms. The second-order valence-corrected chi connectivity index (χ2v) is 6.99. The lowest BCUT2D eigenvalue weighted by molar-refractivity contribution is 0.321. The fraction of sp³-hybridized carbons (Fsp3) is 0.455. The Hall–Kier alpha value is -2.10. The van der Waals surface area contributed by atoms with Gasteiger partial charge in [-0.1, -0.05) is 12.1 Å². The monoisotopic (exact) mass is 527 g/mol. The van der Waals surface area contributed by atoms with Crippen molar-refractivity contribution in [2.75, 3.05) is 31.1 Å². The number of halogens is 2. The number of hydrogen-bond donors (Lipinski definition) is 2. The molecule has 1 aliphatic rings. The Morgan fingerprint density at radius 2 is 2.03 bits per heavy atom. The van der Waals surface area contributed by atoms with Gasteiger partial charge in [-0.2, -0.15) is 0 Å².